The molecule has 0 spiro atoms. The number of benzene rings is 2. The van der Waals surface area contributed by atoms with Crippen LogP contribution in [0, 0.1) is 24.2 Å². The molecule has 1 saturated heterocycles. The molecule has 7 rings (SSSR count). The maximum atomic E-state index is 14.9. The van der Waals surface area contributed by atoms with E-state index in [-0.39, 0.29) is 37.0 Å². The molecule has 336 valence electrons. The van der Waals surface area contributed by atoms with Crippen LogP contribution >= 0.6 is 11.8 Å². The standard InChI is InChI=1S/C44H55F3N6O7S2/c1-9-25-20-43(25,41(56)52-62(57,58)29-13-14-29)51-38(54)33-18-28(21-53(33)40(55)37(42(5,6)7)48-27-12-10-11-26(17-27)44(45,46)47)60-35-19-31(39-50-32(22-61-39)23(2)3)49-36-24(4)34(59-8)16-15-30(35)36/h10-12,15-17,19,23,25,28-29,32-33,37,48H,9,13-14,18,20-22H2,1-8H3,(H,51,54)(H,52,56)/t25-,28?,32?,33+,37-,43-/m1/s1. The number of sulfonamides is 1. The van der Waals surface area contributed by atoms with E-state index in [2.05, 4.69) is 29.2 Å². The minimum atomic E-state index is -4.62. The largest absolute Gasteiger partial charge is 0.496 e. The van der Waals surface area contributed by atoms with E-state index in [1.807, 2.05) is 32.0 Å². The Morgan fingerprint density at radius 2 is 1.79 bits per heavy atom. The topological polar surface area (TPSA) is 168 Å². The first-order valence-corrected chi connectivity index (χ1v) is 23.6. The Morgan fingerprint density at radius 3 is 2.39 bits per heavy atom. The molecule has 2 aromatic carbocycles. The van der Waals surface area contributed by atoms with Gasteiger partial charge < -0.3 is 25.0 Å². The number of carbonyl (C=O) groups is 3. The Labute approximate surface area is 364 Å². The molecule has 1 aromatic heterocycles. The summed E-state index contributed by atoms with van der Waals surface area (Å²) in [6, 6.07) is 7.80. The quantitative estimate of drug-likeness (QED) is 0.156. The predicted octanol–water partition coefficient (Wildman–Crippen LogP) is 6.86. The number of thioether (sulfide) groups is 1. The Balaban J connectivity index is 1.25. The van der Waals surface area contributed by atoms with Crippen molar-refractivity contribution in [2.24, 2.45) is 22.2 Å². The maximum Gasteiger partial charge on any atom is 0.416 e. The minimum absolute atomic E-state index is 0.0216. The van der Waals surface area contributed by atoms with Gasteiger partial charge in [-0.1, -0.05) is 54.0 Å². The molecule has 2 aliphatic carbocycles. The second-order valence-electron chi connectivity index (χ2n) is 18.3. The van der Waals surface area contributed by atoms with E-state index < -0.39 is 73.9 Å². The van der Waals surface area contributed by atoms with Gasteiger partial charge in [0, 0.05) is 34.9 Å². The number of halogens is 3. The van der Waals surface area contributed by atoms with Crippen LogP contribution in [0.1, 0.15) is 90.5 Å². The van der Waals surface area contributed by atoms with Crippen LogP contribution in [0.15, 0.2) is 47.5 Å². The predicted molar refractivity (Wildman–Crippen MR) is 233 cm³/mol. The first-order valence-electron chi connectivity index (χ1n) is 21.0. The number of methoxy groups -OCH3 is 1. The van der Waals surface area contributed by atoms with E-state index in [1.54, 1.807) is 39.6 Å². The van der Waals surface area contributed by atoms with E-state index in [0.29, 0.717) is 53.3 Å². The number of carbonyl (C=O) groups excluding carboxylic acids is 3. The number of amides is 3. The van der Waals surface area contributed by atoms with Crippen molar-refractivity contribution >= 4 is 61.1 Å². The zero-order valence-corrected chi connectivity index (χ0v) is 37.8. The van der Waals surface area contributed by atoms with Crippen molar-refractivity contribution in [3.8, 4) is 11.5 Å². The fourth-order valence-electron chi connectivity index (χ4n) is 8.30. The number of likely N-dealkylation sites (tertiary alicyclic amines) is 1. The molecule has 3 heterocycles. The lowest BCUT2D eigenvalue weighted by atomic mass is 9.85. The van der Waals surface area contributed by atoms with Gasteiger partial charge in [0.05, 0.1) is 41.7 Å². The minimum Gasteiger partial charge on any atom is -0.496 e. The van der Waals surface area contributed by atoms with Crippen LogP contribution in [-0.2, 0) is 30.6 Å². The molecule has 6 atom stereocenters. The number of aryl methyl sites for hydroxylation is 1. The molecule has 2 saturated carbocycles. The number of fused-ring (bicyclic) bond motifs is 1. The van der Waals surface area contributed by atoms with E-state index in [0.717, 1.165) is 28.5 Å². The molecule has 2 aliphatic heterocycles. The number of pyridine rings is 1. The average molecular weight is 901 g/mol. The number of aromatic nitrogens is 1. The zero-order chi connectivity index (χ0) is 45.1. The van der Waals surface area contributed by atoms with Crippen molar-refractivity contribution in [3.63, 3.8) is 0 Å². The second kappa shape index (κ2) is 16.8. The molecule has 0 bridgehead atoms. The number of hydrogen-bond acceptors (Lipinski definition) is 11. The molecule has 3 fully saturated rings. The summed E-state index contributed by atoms with van der Waals surface area (Å²) in [6.45, 7) is 13.2. The lowest BCUT2D eigenvalue weighted by molar-refractivity contribution is -0.141. The smallest absolute Gasteiger partial charge is 0.416 e. The summed E-state index contributed by atoms with van der Waals surface area (Å²) in [5.74, 6) is -0.241. The fourth-order valence-corrected chi connectivity index (χ4v) is 10.9. The summed E-state index contributed by atoms with van der Waals surface area (Å²) >= 11 is 1.60. The van der Waals surface area contributed by atoms with Gasteiger partial charge in [0.2, 0.25) is 21.8 Å². The highest BCUT2D eigenvalue weighted by molar-refractivity contribution is 8.14. The molecule has 3 aromatic rings. The molecule has 18 heteroatoms. The lowest BCUT2D eigenvalue weighted by Crippen LogP contribution is -2.58. The van der Waals surface area contributed by atoms with Crippen molar-refractivity contribution in [1.82, 2.24) is 19.9 Å². The Hall–Kier alpha value is -4.58. The highest BCUT2D eigenvalue weighted by Gasteiger charge is 2.62. The summed E-state index contributed by atoms with van der Waals surface area (Å²) in [5.41, 5.74) is -1.22. The molecule has 3 N–H and O–H groups in total. The molecule has 3 amide bonds. The summed E-state index contributed by atoms with van der Waals surface area (Å²) in [7, 11) is -2.36. The SMILES string of the molecule is CC[C@@H]1C[C@]1(NC(=O)[C@@H]1CC(Oc2cc(C3=NC(C(C)C)CS3)nc3c(C)c(OC)ccc23)CN1C(=O)[C@@H](Nc1cccc(C(F)(F)F)c1)C(C)(C)C)C(=O)NS(=O)(=O)C1CC1. The van der Waals surface area contributed by atoms with E-state index >= 15 is 0 Å². The summed E-state index contributed by atoms with van der Waals surface area (Å²) in [4.78, 5) is 54.6. The van der Waals surface area contributed by atoms with Gasteiger partial charge in [-0.3, -0.25) is 24.1 Å². The molecule has 0 radical (unpaired) electrons. The number of nitrogens with zero attached hydrogens (tertiary/aromatic N) is 3. The second-order valence-corrected chi connectivity index (χ2v) is 21.3. The molecule has 2 unspecified atom stereocenters. The van der Waals surface area contributed by atoms with Crippen molar-refractivity contribution in [2.45, 2.75) is 122 Å². The normalized spacial score (nSPS) is 24.5. The van der Waals surface area contributed by atoms with Crippen LogP contribution in [0.3, 0.4) is 0 Å². The van der Waals surface area contributed by atoms with Crippen molar-refractivity contribution < 1.29 is 45.4 Å². The van der Waals surface area contributed by atoms with Gasteiger partial charge >= 0.3 is 6.18 Å². The van der Waals surface area contributed by atoms with Crippen LogP contribution in [0.5, 0.6) is 11.5 Å². The third-order valence-corrected chi connectivity index (χ3v) is 15.2. The molecular formula is C44H55F3N6O7S2. The number of alkyl halides is 3. The molecule has 13 nitrogen and oxygen atoms in total. The van der Waals surface area contributed by atoms with Crippen LogP contribution in [0.4, 0.5) is 18.9 Å². The van der Waals surface area contributed by atoms with E-state index in [9.17, 15) is 36.0 Å². The number of aliphatic imine (C=N–C) groups is 1. The van der Waals surface area contributed by atoms with Gasteiger partial charge in [0.25, 0.3) is 5.91 Å². The number of ether oxygens (including phenoxy) is 2. The zero-order valence-electron chi connectivity index (χ0n) is 36.2. The van der Waals surface area contributed by atoms with Crippen molar-refractivity contribution in [2.75, 3.05) is 24.7 Å². The monoisotopic (exact) mass is 900 g/mol. The van der Waals surface area contributed by atoms with Gasteiger partial charge in [0.1, 0.15) is 40.3 Å². The van der Waals surface area contributed by atoms with E-state index in [1.165, 1.54) is 17.0 Å². The number of anilines is 1. The third kappa shape index (κ3) is 9.22. The van der Waals surface area contributed by atoms with Crippen molar-refractivity contribution in [3.05, 3.63) is 59.3 Å². The summed E-state index contributed by atoms with van der Waals surface area (Å²) in [5, 5.41) is 6.66. The van der Waals surface area contributed by atoms with Gasteiger partial charge in [-0.05, 0) is 73.8 Å². The van der Waals surface area contributed by atoms with Crippen LogP contribution in [0.25, 0.3) is 10.9 Å². The first kappa shape index (κ1) is 45.4. The highest BCUT2D eigenvalue weighted by atomic mass is 32.2. The maximum absolute atomic E-state index is 14.9. The number of nitrogens with one attached hydrogen (secondary N) is 3. The third-order valence-electron chi connectivity index (χ3n) is 12.3. The fraction of sp³-hybridized carbons (Fsp3) is 0.568. The molecule has 62 heavy (non-hydrogen) atoms. The van der Waals surface area contributed by atoms with Gasteiger partial charge in [-0.2, -0.15) is 13.2 Å². The first-order chi connectivity index (χ1) is 29.1. The van der Waals surface area contributed by atoms with E-state index in [4.69, 9.17) is 19.5 Å². The van der Waals surface area contributed by atoms with Crippen LogP contribution in [-0.4, -0.2) is 95.5 Å². The van der Waals surface area contributed by atoms with Gasteiger partial charge in [-0.25, -0.2) is 13.4 Å². The lowest BCUT2D eigenvalue weighted by Gasteiger charge is -2.36. The van der Waals surface area contributed by atoms with Crippen LogP contribution in [0.2, 0.25) is 0 Å². The Morgan fingerprint density at radius 1 is 1.06 bits per heavy atom. The summed E-state index contributed by atoms with van der Waals surface area (Å²) in [6.07, 6.45) is -3.86. The van der Waals surface area contributed by atoms with Gasteiger partial charge in [-0.15, -0.1) is 11.8 Å². The Bertz CT molecular complexity index is 2400. The molecular weight excluding hydrogens is 846 g/mol. The van der Waals surface area contributed by atoms with Crippen molar-refractivity contribution in [1.29, 1.82) is 0 Å². The average Bonchev–Trinajstić information content (AvgIpc) is 4.09. The highest BCUT2D eigenvalue weighted by Crippen LogP contribution is 2.47. The number of rotatable bonds is 14. The molecule has 4 aliphatic rings. The summed E-state index contributed by atoms with van der Waals surface area (Å²) < 4.78 is 81.7. The van der Waals surface area contributed by atoms with Crippen LogP contribution < -0.4 is 24.8 Å². The number of hydrogen-bond donors (Lipinski definition) is 3. The van der Waals surface area contributed by atoms with Gasteiger partial charge in [0.15, 0.2) is 0 Å². The Kier molecular flexibility index (Phi) is 12.3.